The number of carbonyl (C=O) groups is 1. The first kappa shape index (κ1) is 19.8. The monoisotopic (exact) mass is 378 g/mol. The number of benzene rings is 1. The molecule has 3 aromatic rings. The van der Waals surface area contributed by atoms with Gasteiger partial charge in [-0.15, -0.1) is 0 Å². The molecule has 0 fully saturated rings. The van der Waals surface area contributed by atoms with Crippen LogP contribution in [0, 0.1) is 12.8 Å². The largest absolute Gasteiger partial charge is 0.459 e. The molecule has 1 unspecified atom stereocenters. The van der Waals surface area contributed by atoms with Gasteiger partial charge in [0.05, 0.1) is 11.6 Å². The van der Waals surface area contributed by atoms with Gasteiger partial charge in [-0.1, -0.05) is 44.2 Å². The van der Waals surface area contributed by atoms with Crippen molar-refractivity contribution in [1.82, 2.24) is 9.38 Å². The number of fused-ring (bicyclic) bond motifs is 1. The van der Waals surface area contributed by atoms with Gasteiger partial charge in [0, 0.05) is 12.3 Å². The number of ether oxygens (including phenoxy) is 1. The molecule has 0 radical (unpaired) electrons. The van der Waals surface area contributed by atoms with Crippen molar-refractivity contribution < 1.29 is 9.53 Å². The lowest BCUT2D eigenvalue weighted by Gasteiger charge is -2.13. The summed E-state index contributed by atoms with van der Waals surface area (Å²) in [4.78, 5) is 29.1. The second kappa shape index (κ2) is 8.38. The van der Waals surface area contributed by atoms with Crippen molar-refractivity contribution >= 4 is 11.6 Å². The van der Waals surface area contributed by atoms with Gasteiger partial charge in [-0.3, -0.25) is 14.0 Å². The summed E-state index contributed by atoms with van der Waals surface area (Å²) in [5.41, 5.74) is 3.95. The smallest absolute Gasteiger partial charge is 0.313 e. The molecule has 0 N–H and O–H groups in total. The zero-order valence-electron chi connectivity index (χ0n) is 16.8. The van der Waals surface area contributed by atoms with Gasteiger partial charge in [-0.05, 0) is 48.9 Å². The second-order valence-electron chi connectivity index (χ2n) is 7.69. The molecule has 28 heavy (non-hydrogen) atoms. The highest BCUT2D eigenvalue weighted by Gasteiger charge is 2.17. The molecule has 2 heterocycles. The first-order chi connectivity index (χ1) is 13.3. The molecule has 5 nitrogen and oxygen atoms in total. The number of carbonyl (C=O) groups excluding carboxylic acids is 1. The summed E-state index contributed by atoms with van der Waals surface area (Å²) >= 11 is 0. The predicted octanol–water partition coefficient (Wildman–Crippen LogP) is 4.05. The van der Waals surface area contributed by atoms with Crippen LogP contribution < -0.4 is 5.56 Å². The van der Waals surface area contributed by atoms with E-state index in [4.69, 9.17) is 4.74 Å². The molecule has 0 bridgehead atoms. The Morgan fingerprint density at radius 1 is 1.11 bits per heavy atom. The number of pyridine rings is 1. The third kappa shape index (κ3) is 4.66. The molecule has 1 aromatic carbocycles. The standard InChI is InChI=1S/C23H26N2O3/c1-15(2)11-18-6-8-19(9-7-18)17(4)23(27)28-14-20-12-22(26)25-13-16(3)5-10-21(25)24-20/h5-10,12-13,15,17H,11,14H2,1-4H3. The Kier molecular flexibility index (Phi) is 5.93. The van der Waals surface area contributed by atoms with Crippen LogP contribution >= 0.6 is 0 Å². The highest BCUT2D eigenvalue weighted by Crippen LogP contribution is 2.19. The maximum Gasteiger partial charge on any atom is 0.313 e. The summed E-state index contributed by atoms with van der Waals surface area (Å²) < 4.78 is 6.91. The molecule has 146 valence electrons. The molecule has 3 rings (SSSR count). The lowest BCUT2D eigenvalue weighted by Crippen LogP contribution is -2.18. The SMILES string of the molecule is Cc1ccc2nc(COC(=O)C(C)c3ccc(CC(C)C)cc3)cc(=O)n2c1. The number of nitrogens with zero attached hydrogens (tertiary/aromatic N) is 2. The van der Waals surface area contributed by atoms with E-state index in [-0.39, 0.29) is 24.1 Å². The van der Waals surface area contributed by atoms with E-state index >= 15 is 0 Å². The van der Waals surface area contributed by atoms with Gasteiger partial charge in [0.2, 0.25) is 0 Å². The number of rotatable bonds is 6. The van der Waals surface area contributed by atoms with Crippen LogP contribution in [0.4, 0.5) is 0 Å². The molecule has 5 heteroatoms. The van der Waals surface area contributed by atoms with Crippen LogP contribution in [0.15, 0.2) is 53.5 Å². The molecule has 0 saturated heterocycles. The molecule has 0 aliphatic rings. The van der Waals surface area contributed by atoms with Crippen molar-refractivity contribution in [2.24, 2.45) is 5.92 Å². The highest BCUT2D eigenvalue weighted by molar-refractivity contribution is 5.77. The molecular formula is C23H26N2O3. The zero-order valence-corrected chi connectivity index (χ0v) is 16.8. The van der Waals surface area contributed by atoms with Gasteiger partial charge in [0.1, 0.15) is 12.3 Å². The Balaban J connectivity index is 1.67. The van der Waals surface area contributed by atoms with Crippen LogP contribution in [0.2, 0.25) is 0 Å². The van der Waals surface area contributed by atoms with Gasteiger partial charge in [0.25, 0.3) is 5.56 Å². The Hall–Kier alpha value is -2.95. The Morgan fingerprint density at radius 3 is 2.50 bits per heavy atom. The van der Waals surface area contributed by atoms with Gasteiger partial charge < -0.3 is 4.74 Å². The van der Waals surface area contributed by atoms with Crippen LogP contribution in [-0.4, -0.2) is 15.4 Å². The second-order valence-corrected chi connectivity index (χ2v) is 7.69. The molecule has 0 saturated carbocycles. The first-order valence-electron chi connectivity index (χ1n) is 9.58. The van der Waals surface area contributed by atoms with Crippen molar-refractivity contribution in [3.05, 3.63) is 81.4 Å². The maximum absolute atomic E-state index is 12.4. The number of hydrogen-bond acceptors (Lipinski definition) is 4. The van der Waals surface area contributed by atoms with E-state index in [2.05, 4.69) is 31.0 Å². The van der Waals surface area contributed by atoms with Crippen LogP contribution in [0.3, 0.4) is 0 Å². The summed E-state index contributed by atoms with van der Waals surface area (Å²) in [5, 5.41) is 0. The lowest BCUT2D eigenvalue weighted by atomic mass is 9.97. The normalized spacial score (nSPS) is 12.3. The number of aromatic nitrogens is 2. The van der Waals surface area contributed by atoms with Crippen molar-refractivity contribution in [1.29, 1.82) is 0 Å². The van der Waals surface area contributed by atoms with Crippen LogP contribution in [0.5, 0.6) is 0 Å². The third-order valence-electron chi connectivity index (χ3n) is 4.70. The van der Waals surface area contributed by atoms with E-state index in [9.17, 15) is 9.59 Å². The van der Waals surface area contributed by atoms with E-state index in [0.29, 0.717) is 17.3 Å². The van der Waals surface area contributed by atoms with Crippen LogP contribution in [0.25, 0.3) is 5.65 Å². The summed E-state index contributed by atoms with van der Waals surface area (Å²) in [5.74, 6) is -0.115. The summed E-state index contributed by atoms with van der Waals surface area (Å²) in [6, 6.07) is 13.2. The van der Waals surface area contributed by atoms with E-state index < -0.39 is 0 Å². The Morgan fingerprint density at radius 2 is 1.82 bits per heavy atom. The average molecular weight is 378 g/mol. The first-order valence-corrected chi connectivity index (χ1v) is 9.58. The van der Waals surface area contributed by atoms with Crippen molar-refractivity contribution in [2.75, 3.05) is 0 Å². The fraction of sp³-hybridized carbons (Fsp3) is 0.348. The average Bonchev–Trinajstić information content (AvgIpc) is 2.66. The van der Waals surface area contributed by atoms with Gasteiger partial charge >= 0.3 is 5.97 Å². The topological polar surface area (TPSA) is 60.7 Å². The van der Waals surface area contributed by atoms with Crippen molar-refractivity contribution in [3.8, 4) is 0 Å². The summed E-state index contributed by atoms with van der Waals surface area (Å²) in [7, 11) is 0. The molecule has 0 amide bonds. The summed E-state index contributed by atoms with van der Waals surface area (Å²) in [6.45, 7) is 8.08. The van der Waals surface area contributed by atoms with E-state index in [1.165, 1.54) is 16.0 Å². The molecular weight excluding hydrogens is 352 g/mol. The molecule has 1 atom stereocenters. The maximum atomic E-state index is 12.4. The van der Waals surface area contributed by atoms with Crippen molar-refractivity contribution in [2.45, 2.75) is 46.6 Å². The minimum atomic E-state index is -0.377. The lowest BCUT2D eigenvalue weighted by molar-refractivity contribution is -0.146. The molecule has 0 aliphatic carbocycles. The molecule has 0 spiro atoms. The number of aryl methyl sites for hydroxylation is 1. The fourth-order valence-corrected chi connectivity index (χ4v) is 3.15. The summed E-state index contributed by atoms with van der Waals surface area (Å²) in [6.07, 6.45) is 2.76. The van der Waals surface area contributed by atoms with E-state index in [1.807, 2.05) is 32.0 Å². The van der Waals surface area contributed by atoms with Gasteiger partial charge in [-0.2, -0.15) is 0 Å². The highest BCUT2D eigenvalue weighted by atomic mass is 16.5. The molecule has 2 aromatic heterocycles. The van der Waals surface area contributed by atoms with E-state index in [1.54, 1.807) is 12.3 Å². The van der Waals surface area contributed by atoms with Crippen LogP contribution in [-0.2, 0) is 22.6 Å². The third-order valence-corrected chi connectivity index (χ3v) is 4.70. The number of hydrogen-bond donors (Lipinski definition) is 0. The Bertz CT molecular complexity index is 1040. The quantitative estimate of drug-likeness (QED) is 0.607. The minimum Gasteiger partial charge on any atom is -0.459 e. The van der Waals surface area contributed by atoms with Crippen LogP contribution in [0.1, 0.15) is 49.1 Å². The number of esters is 1. The molecule has 0 aliphatic heterocycles. The van der Waals surface area contributed by atoms with Crippen molar-refractivity contribution in [3.63, 3.8) is 0 Å². The fourth-order valence-electron chi connectivity index (χ4n) is 3.15. The Labute approximate surface area is 165 Å². The zero-order chi connectivity index (χ0) is 20.3. The van der Waals surface area contributed by atoms with E-state index in [0.717, 1.165) is 17.5 Å². The van der Waals surface area contributed by atoms with Gasteiger partial charge in [-0.25, -0.2) is 4.98 Å². The van der Waals surface area contributed by atoms with Gasteiger partial charge in [0.15, 0.2) is 0 Å². The predicted molar refractivity (Wildman–Crippen MR) is 109 cm³/mol. The minimum absolute atomic E-state index is 0.0196.